The number of anilines is 1. The summed E-state index contributed by atoms with van der Waals surface area (Å²) in [7, 11) is 1.98. The van der Waals surface area contributed by atoms with E-state index in [1.54, 1.807) is 0 Å². The molecule has 4 heteroatoms. The second-order valence-electron chi connectivity index (χ2n) is 5.11. The van der Waals surface area contributed by atoms with E-state index >= 15 is 0 Å². The average molecular weight is 286 g/mol. The summed E-state index contributed by atoms with van der Waals surface area (Å²) in [5, 5.41) is 0.710. The molecule has 3 rings (SSSR count). The van der Waals surface area contributed by atoms with Crippen LogP contribution in [0.4, 0.5) is 5.69 Å². The normalized spacial score (nSPS) is 11.2. The first-order valence-electron chi connectivity index (χ1n) is 6.47. The molecule has 20 heavy (non-hydrogen) atoms. The molecule has 3 aromatic rings. The summed E-state index contributed by atoms with van der Waals surface area (Å²) >= 11 is 6.28. The smallest absolute Gasteiger partial charge is 0.141 e. The first-order valence-corrected chi connectivity index (χ1v) is 6.85. The van der Waals surface area contributed by atoms with Crippen molar-refractivity contribution in [3.8, 4) is 11.4 Å². The lowest BCUT2D eigenvalue weighted by Crippen LogP contribution is -1.98. The molecule has 102 valence electrons. The zero-order chi connectivity index (χ0) is 14.4. The van der Waals surface area contributed by atoms with E-state index < -0.39 is 0 Å². The standard InChI is InChI=1S/C16H16ClN3/c1-9-7-11(18)8-12(10(9)2)16-19-14-6-4-5-13(17)15(14)20(16)3/h4-8H,18H2,1-3H3. The Labute approximate surface area is 123 Å². The minimum atomic E-state index is 0.710. The maximum atomic E-state index is 6.28. The molecule has 1 aromatic heterocycles. The van der Waals surface area contributed by atoms with Crippen LogP contribution in [-0.2, 0) is 7.05 Å². The van der Waals surface area contributed by atoms with Crippen molar-refractivity contribution in [3.05, 3.63) is 46.5 Å². The predicted octanol–water partition coefficient (Wildman–Crippen LogP) is 4.09. The number of aryl methyl sites for hydroxylation is 2. The van der Waals surface area contributed by atoms with Gasteiger partial charge in [-0.05, 0) is 49.2 Å². The fourth-order valence-corrected chi connectivity index (χ4v) is 2.88. The molecular formula is C16H16ClN3. The van der Waals surface area contributed by atoms with Gasteiger partial charge in [-0.15, -0.1) is 0 Å². The number of nitrogens with zero attached hydrogens (tertiary/aromatic N) is 2. The summed E-state index contributed by atoms with van der Waals surface area (Å²) in [4.78, 5) is 4.71. The molecule has 0 unspecified atom stereocenters. The molecule has 1 heterocycles. The van der Waals surface area contributed by atoms with Crippen LogP contribution in [0.15, 0.2) is 30.3 Å². The van der Waals surface area contributed by atoms with E-state index in [9.17, 15) is 0 Å². The lowest BCUT2D eigenvalue weighted by molar-refractivity contribution is 0.957. The Bertz CT molecular complexity index is 818. The third kappa shape index (κ3) is 1.86. The minimum absolute atomic E-state index is 0.710. The number of aromatic nitrogens is 2. The van der Waals surface area contributed by atoms with Crippen LogP contribution >= 0.6 is 11.6 Å². The van der Waals surface area contributed by atoms with Crippen LogP contribution in [0.25, 0.3) is 22.4 Å². The third-order valence-electron chi connectivity index (χ3n) is 3.78. The molecule has 0 fully saturated rings. The van der Waals surface area contributed by atoms with Gasteiger partial charge in [0, 0.05) is 18.3 Å². The largest absolute Gasteiger partial charge is 0.399 e. The maximum absolute atomic E-state index is 6.28. The number of para-hydroxylation sites is 1. The average Bonchev–Trinajstić information content (AvgIpc) is 2.72. The van der Waals surface area contributed by atoms with Crippen molar-refractivity contribution in [2.45, 2.75) is 13.8 Å². The van der Waals surface area contributed by atoms with Crippen molar-refractivity contribution in [1.82, 2.24) is 9.55 Å². The first-order chi connectivity index (χ1) is 9.49. The summed E-state index contributed by atoms with van der Waals surface area (Å²) < 4.78 is 2.03. The Balaban J connectivity index is 2.36. The number of hydrogen-bond acceptors (Lipinski definition) is 2. The van der Waals surface area contributed by atoms with E-state index in [-0.39, 0.29) is 0 Å². The SMILES string of the molecule is Cc1cc(N)cc(-c2nc3cccc(Cl)c3n2C)c1C. The molecule has 0 spiro atoms. The summed E-state index contributed by atoms with van der Waals surface area (Å²) in [5.41, 5.74) is 12.0. The van der Waals surface area contributed by atoms with Crippen molar-refractivity contribution in [1.29, 1.82) is 0 Å². The van der Waals surface area contributed by atoms with Gasteiger partial charge in [-0.25, -0.2) is 4.98 Å². The number of fused-ring (bicyclic) bond motifs is 1. The van der Waals surface area contributed by atoms with Gasteiger partial charge in [0.2, 0.25) is 0 Å². The number of rotatable bonds is 1. The van der Waals surface area contributed by atoms with Crippen molar-refractivity contribution >= 4 is 28.3 Å². The summed E-state index contributed by atoms with van der Waals surface area (Å²) in [6, 6.07) is 9.72. The fourth-order valence-electron chi connectivity index (χ4n) is 2.58. The molecule has 0 bridgehead atoms. The molecule has 2 aromatic carbocycles. The maximum Gasteiger partial charge on any atom is 0.141 e. The van der Waals surface area contributed by atoms with E-state index in [0.717, 1.165) is 33.7 Å². The van der Waals surface area contributed by atoms with Gasteiger partial charge in [0.25, 0.3) is 0 Å². The summed E-state index contributed by atoms with van der Waals surface area (Å²) in [5.74, 6) is 0.890. The zero-order valence-corrected chi connectivity index (χ0v) is 12.5. The molecule has 0 amide bonds. The molecule has 0 aliphatic heterocycles. The van der Waals surface area contributed by atoms with Gasteiger partial charge in [-0.3, -0.25) is 0 Å². The molecule has 3 nitrogen and oxygen atoms in total. The molecule has 0 aliphatic carbocycles. The Hall–Kier alpha value is -2.00. The summed E-state index contributed by atoms with van der Waals surface area (Å²) in [6.07, 6.45) is 0. The van der Waals surface area contributed by atoms with Crippen LogP contribution in [0.3, 0.4) is 0 Å². The van der Waals surface area contributed by atoms with E-state index in [4.69, 9.17) is 22.3 Å². The highest BCUT2D eigenvalue weighted by Crippen LogP contribution is 2.32. The second-order valence-corrected chi connectivity index (χ2v) is 5.52. The Kier molecular flexibility index (Phi) is 2.94. The predicted molar refractivity (Wildman–Crippen MR) is 85.0 cm³/mol. The van der Waals surface area contributed by atoms with Crippen LogP contribution in [-0.4, -0.2) is 9.55 Å². The fraction of sp³-hybridized carbons (Fsp3) is 0.188. The van der Waals surface area contributed by atoms with Crippen LogP contribution in [0.1, 0.15) is 11.1 Å². The number of benzene rings is 2. The highest BCUT2D eigenvalue weighted by molar-refractivity contribution is 6.35. The minimum Gasteiger partial charge on any atom is -0.399 e. The lowest BCUT2D eigenvalue weighted by atomic mass is 10.0. The molecule has 0 saturated heterocycles. The first kappa shape index (κ1) is 13.0. The van der Waals surface area contributed by atoms with Gasteiger partial charge in [0.05, 0.1) is 16.1 Å². The monoisotopic (exact) mass is 285 g/mol. The quantitative estimate of drug-likeness (QED) is 0.684. The third-order valence-corrected chi connectivity index (χ3v) is 4.08. The number of imidazole rings is 1. The van der Waals surface area contributed by atoms with Gasteiger partial charge >= 0.3 is 0 Å². The van der Waals surface area contributed by atoms with Crippen molar-refractivity contribution in [2.24, 2.45) is 7.05 Å². The molecular weight excluding hydrogens is 270 g/mol. The van der Waals surface area contributed by atoms with Crippen LogP contribution in [0.5, 0.6) is 0 Å². The van der Waals surface area contributed by atoms with Gasteiger partial charge in [-0.2, -0.15) is 0 Å². The molecule has 2 N–H and O–H groups in total. The highest BCUT2D eigenvalue weighted by atomic mass is 35.5. The van der Waals surface area contributed by atoms with Crippen molar-refractivity contribution in [2.75, 3.05) is 5.73 Å². The van der Waals surface area contributed by atoms with E-state index in [1.807, 2.05) is 41.9 Å². The molecule has 0 saturated carbocycles. The van der Waals surface area contributed by atoms with Gasteiger partial charge in [-0.1, -0.05) is 17.7 Å². The van der Waals surface area contributed by atoms with Crippen molar-refractivity contribution < 1.29 is 0 Å². The van der Waals surface area contributed by atoms with E-state index in [0.29, 0.717) is 5.02 Å². The van der Waals surface area contributed by atoms with E-state index in [1.165, 1.54) is 5.56 Å². The van der Waals surface area contributed by atoms with E-state index in [2.05, 4.69) is 13.8 Å². The highest BCUT2D eigenvalue weighted by Gasteiger charge is 2.15. The number of halogens is 1. The molecule has 0 aliphatic rings. The topological polar surface area (TPSA) is 43.8 Å². The summed E-state index contributed by atoms with van der Waals surface area (Å²) in [6.45, 7) is 4.15. The number of hydrogen-bond donors (Lipinski definition) is 1. The number of nitrogen functional groups attached to an aromatic ring is 1. The van der Waals surface area contributed by atoms with Gasteiger partial charge < -0.3 is 10.3 Å². The molecule has 0 radical (unpaired) electrons. The molecule has 0 atom stereocenters. The van der Waals surface area contributed by atoms with Gasteiger partial charge in [0.15, 0.2) is 0 Å². The van der Waals surface area contributed by atoms with Gasteiger partial charge in [0.1, 0.15) is 5.82 Å². The van der Waals surface area contributed by atoms with Crippen molar-refractivity contribution in [3.63, 3.8) is 0 Å². The second kappa shape index (κ2) is 4.53. The lowest BCUT2D eigenvalue weighted by Gasteiger charge is -2.10. The van der Waals surface area contributed by atoms with Crippen LogP contribution < -0.4 is 5.73 Å². The Morgan fingerprint density at radius 3 is 2.65 bits per heavy atom. The number of nitrogens with two attached hydrogens (primary N) is 1. The Morgan fingerprint density at radius 1 is 1.20 bits per heavy atom. The Morgan fingerprint density at radius 2 is 1.95 bits per heavy atom. The van der Waals surface area contributed by atoms with Crippen LogP contribution in [0.2, 0.25) is 5.02 Å². The zero-order valence-electron chi connectivity index (χ0n) is 11.7. The van der Waals surface area contributed by atoms with Crippen LogP contribution in [0, 0.1) is 13.8 Å².